The zero-order valence-corrected chi connectivity index (χ0v) is 15.4. The van der Waals surface area contributed by atoms with E-state index in [0.717, 1.165) is 30.1 Å². The van der Waals surface area contributed by atoms with Gasteiger partial charge in [-0.25, -0.2) is 0 Å². The average Bonchev–Trinajstić information content (AvgIpc) is 2.66. The van der Waals surface area contributed by atoms with Gasteiger partial charge in [0, 0.05) is 30.6 Å². The van der Waals surface area contributed by atoms with Crippen molar-refractivity contribution in [2.45, 2.75) is 32.7 Å². The van der Waals surface area contributed by atoms with Gasteiger partial charge in [0.2, 0.25) is 5.91 Å². The number of rotatable bonds is 10. The van der Waals surface area contributed by atoms with E-state index in [-0.39, 0.29) is 11.7 Å². The highest BCUT2D eigenvalue weighted by Crippen LogP contribution is 2.15. The molecule has 0 saturated heterocycles. The molecule has 2 aromatic carbocycles. The van der Waals surface area contributed by atoms with Gasteiger partial charge in [-0.3, -0.25) is 9.59 Å². The second kappa shape index (κ2) is 10.4. The molecule has 0 bridgehead atoms. The molecule has 2 rings (SSSR count). The van der Waals surface area contributed by atoms with Gasteiger partial charge in [-0.2, -0.15) is 0 Å². The summed E-state index contributed by atoms with van der Waals surface area (Å²) in [6, 6.07) is 14.8. The van der Waals surface area contributed by atoms with Crippen molar-refractivity contribution < 1.29 is 14.3 Å². The molecule has 5 nitrogen and oxygen atoms in total. The second-order valence-electron chi connectivity index (χ2n) is 6.03. The summed E-state index contributed by atoms with van der Waals surface area (Å²) in [5.74, 6) is 0.679. The molecule has 0 saturated carbocycles. The molecular formula is C21H26N2O3. The lowest BCUT2D eigenvalue weighted by atomic mass is 10.1. The monoisotopic (exact) mass is 354 g/mol. The first-order chi connectivity index (χ1) is 12.6. The molecular weight excluding hydrogens is 328 g/mol. The summed E-state index contributed by atoms with van der Waals surface area (Å²) in [4.78, 5) is 24.2. The van der Waals surface area contributed by atoms with Crippen LogP contribution in [0.25, 0.3) is 0 Å². The third kappa shape index (κ3) is 6.33. The van der Waals surface area contributed by atoms with Crippen LogP contribution in [0, 0.1) is 0 Å². The standard InChI is InChI=1S/C21H26N2O3/c1-3-22-15-16-6-4-7-18(14-16)23-21(25)9-5-8-20(24)17-10-12-19(26-2)13-11-17/h4,6-7,10-14,22H,3,5,8-9,15H2,1-2H3,(H,23,25). The predicted octanol–water partition coefficient (Wildman–Crippen LogP) is 3.80. The van der Waals surface area contributed by atoms with Crippen molar-refractivity contribution in [1.29, 1.82) is 0 Å². The zero-order valence-electron chi connectivity index (χ0n) is 15.4. The van der Waals surface area contributed by atoms with Crippen molar-refractivity contribution in [2.24, 2.45) is 0 Å². The quantitative estimate of drug-likeness (QED) is 0.637. The number of anilines is 1. The topological polar surface area (TPSA) is 67.4 Å². The number of ketones is 1. The van der Waals surface area contributed by atoms with Crippen molar-refractivity contribution >= 4 is 17.4 Å². The van der Waals surface area contributed by atoms with E-state index in [2.05, 4.69) is 17.6 Å². The SMILES string of the molecule is CCNCc1cccc(NC(=O)CCCC(=O)c2ccc(OC)cc2)c1. The fraction of sp³-hybridized carbons (Fsp3) is 0.333. The van der Waals surface area contributed by atoms with E-state index in [1.54, 1.807) is 31.4 Å². The number of amides is 1. The summed E-state index contributed by atoms with van der Waals surface area (Å²) in [7, 11) is 1.59. The van der Waals surface area contributed by atoms with Gasteiger partial charge < -0.3 is 15.4 Å². The fourth-order valence-electron chi connectivity index (χ4n) is 2.58. The molecule has 0 heterocycles. The number of methoxy groups -OCH3 is 1. The molecule has 0 aromatic heterocycles. The van der Waals surface area contributed by atoms with Crippen molar-refractivity contribution in [3.8, 4) is 5.75 Å². The van der Waals surface area contributed by atoms with Gasteiger partial charge >= 0.3 is 0 Å². The molecule has 2 N–H and O–H groups in total. The number of carbonyl (C=O) groups is 2. The molecule has 0 radical (unpaired) electrons. The predicted molar refractivity (Wildman–Crippen MR) is 104 cm³/mol. The molecule has 0 unspecified atom stereocenters. The normalized spacial score (nSPS) is 10.4. The molecule has 0 atom stereocenters. The number of nitrogens with one attached hydrogen (secondary N) is 2. The van der Waals surface area contributed by atoms with E-state index >= 15 is 0 Å². The lowest BCUT2D eigenvalue weighted by molar-refractivity contribution is -0.116. The lowest BCUT2D eigenvalue weighted by Crippen LogP contribution is -2.14. The van der Waals surface area contributed by atoms with Crippen LogP contribution in [0.1, 0.15) is 42.1 Å². The van der Waals surface area contributed by atoms with Crippen LogP contribution in [0.3, 0.4) is 0 Å². The Morgan fingerprint density at radius 2 is 1.81 bits per heavy atom. The summed E-state index contributed by atoms with van der Waals surface area (Å²) >= 11 is 0. The number of hydrogen-bond donors (Lipinski definition) is 2. The molecule has 138 valence electrons. The van der Waals surface area contributed by atoms with Crippen molar-refractivity contribution in [2.75, 3.05) is 19.0 Å². The minimum absolute atomic E-state index is 0.0353. The smallest absolute Gasteiger partial charge is 0.224 e. The Bertz CT molecular complexity index is 726. The third-order valence-electron chi connectivity index (χ3n) is 4.01. The van der Waals surface area contributed by atoms with Gasteiger partial charge in [0.1, 0.15) is 5.75 Å². The number of ether oxygens (including phenoxy) is 1. The minimum atomic E-state index is -0.0758. The van der Waals surface area contributed by atoms with Crippen LogP contribution in [-0.4, -0.2) is 25.3 Å². The maximum atomic E-state index is 12.1. The molecule has 2 aromatic rings. The lowest BCUT2D eigenvalue weighted by Gasteiger charge is -2.08. The molecule has 0 aliphatic rings. The van der Waals surface area contributed by atoms with Crippen molar-refractivity contribution in [3.05, 3.63) is 59.7 Å². The Morgan fingerprint density at radius 3 is 2.50 bits per heavy atom. The number of benzene rings is 2. The van der Waals surface area contributed by atoms with E-state index in [1.165, 1.54) is 0 Å². The first-order valence-corrected chi connectivity index (χ1v) is 8.89. The van der Waals surface area contributed by atoms with Crippen molar-refractivity contribution in [3.63, 3.8) is 0 Å². The highest BCUT2D eigenvalue weighted by Gasteiger charge is 2.08. The number of carbonyl (C=O) groups excluding carboxylic acids is 2. The summed E-state index contributed by atoms with van der Waals surface area (Å²) in [6.45, 7) is 3.73. The van der Waals surface area contributed by atoms with Gasteiger partial charge in [-0.1, -0.05) is 19.1 Å². The highest BCUT2D eigenvalue weighted by molar-refractivity contribution is 5.96. The molecule has 0 spiro atoms. The molecule has 1 amide bonds. The Kier molecular flexibility index (Phi) is 7.83. The minimum Gasteiger partial charge on any atom is -0.497 e. The van der Waals surface area contributed by atoms with Crippen molar-refractivity contribution in [1.82, 2.24) is 5.32 Å². The van der Waals surface area contributed by atoms with E-state index in [1.807, 2.05) is 24.3 Å². The Labute approximate surface area is 154 Å². The van der Waals surface area contributed by atoms with E-state index in [9.17, 15) is 9.59 Å². The molecule has 0 fully saturated rings. The van der Waals surface area contributed by atoms with Crippen LogP contribution in [0.15, 0.2) is 48.5 Å². The first-order valence-electron chi connectivity index (χ1n) is 8.89. The zero-order chi connectivity index (χ0) is 18.8. The average molecular weight is 354 g/mol. The van der Waals surface area contributed by atoms with Crippen LogP contribution in [0.2, 0.25) is 0 Å². The fourth-order valence-corrected chi connectivity index (χ4v) is 2.58. The molecule has 5 heteroatoms. The van der Waals surface area contributed by atoms with Crippen LogP contribution >= 0.6 is 0 Å². The first kappa shape index (κ1) is 19.7. The van der Waals surface area contributed by atoms with Gasteiger partial charge in [0.25, 0.3) is 0 Å². The molecule has 0 aliphatic carbocycles. The number of Topliss-reactive ketones (excluding diaryl/α,β-unsaturated/α-hetero) is 1. The van der Waals surface area contributed by atoms with Gasteiger partial charge in [0.05, 0.1) is 7.11 Å². The summed E-state index contributed by atoms with van der Waals surface area (Å²) in [5, 5.41) is 6.15. The van der Waals surface area contributed by atoms with E-state index < -0.39 is 0 Å². The van der Waals surface area contributed by atoms with Crippen LogP contribution in [-0.2, 0) is 11.3 Å². The Hall–Kier alpha value is -2.66. The molecule has 0 aliphatic heterocycles. The van der Waals surface area contributed by atoms with Crippen LogP contribution < -0.4 is 15.4 Å². The van der Waals surface area contributed by atoms with Crippen LogP contribution in [0.5, 0.6) is 5.75 Å². The van der Waals surface area contributed by atoms with Gasteiger partial charge in [-0.15, -0.1) is 0 Å². The molecule has 26 heavy (non-hydrogen) atoms. The Morgan fingerprint density at radius 1 is 1.04 bits per heavy atom. The maximum absolute atomic E-state index is 12.1. The Balaban J connectivity index is 1.76. The van der Waals surface area contributed by atoms with Gasteiger partial charge in [-0.05, 0) is 54.9 Å². The third-order valence-corrected chi connectivity index (χ3v) is 4.01. The highest BCUT2D eigenvalue weighted by atomic mass is 16.5. The van der Waals surface area contributed by atoms with Gasteiger partial charge in [0.15, 0.2) is 5.78 Å². The van der Waals surface area contributed by atoms with E-state index in [4.69, 9.17) is 4.74 Å². The summed E-state index contributed by atoms with van der Waals surface area (Å²) in [6.07, 6.45) is 1.19. The second-order valence-corrected chi connectivity index (χ2v) is 6.03. The van der Waals surface area contributed by atoms with E-state index in [0.29, 0.717) is 24.8 Å². The summed E-state index contributed by atoms with van der Waals surface area (Å²) in [5.41, 5.74) is 2.55. The number of hydrogen-bond acceptors (Lipinski definition) is 4. The maximum Gasteiger partial charge on any atom is 0.224 e. The summed E-state index contributed by atoms with van der Waals surface area (Å²) < 4.78 is 5.08. The van der Waals surface area contributed by atoms with Crippen LogP contribution in [0.4, 0.5) is 5.69 Å². The largest absolute Gasteiger partial charge is 0.497 e.